The quantitative estimate of drug-likeness (QED) is 0.596. The summed E-state index contributed by atoms with van der Waals surface area (Å²) in [5, 5.41) is 0.189. The molecule has 1 unspecified atom stereocenters. The average molecular weight is 290 g/mol. The molecule has 0 spiro atoms. The van der Waals surface area contributed by atoms with Crippen LogP contribution >= 0.6 is 0 Å². The normalized spacial score (nSPS) is 19.4. The Morgan fingerprint density at radius 2 is 2.00 bits per heavy atom. The standard InChI is InChI=1S/C17H26O2Si/c1-17(2,3)20(4,5)19-16-11-7-9-14-13(12-18)8-6-10-15(14)16/h7,9,11-13H,6,8,10H2,1-5H3. The maximum Gasteiger partial charge on any atom is 0.250 e. The van der Waals surface area contributed by atoms with E-state index in [4.69, 9.17) is 4.43 Å². The minimum atomic E-state index is -1.83. The van der Waals surface area contributed by atoms with Crippen LogP contribution in [0.3, 0.4) is 0 Å². The first-order valence-corrected chi connectivity index (χ1v) is 10.4. The van der Waals surface area contributed by atoms with E-state index in [1.165, 1.54) is 11.1 Å². The van der Waals surface area contributed by atoms with Crippen molar-refractivity contribution < 1.29 is 9.22 Å². The summed E-state index contributed by atoms with van der Waals surface area (Å²) in [5.41, 5.74) is 2.45. The predicted octanol–water partition coefficient (Wildman–Crippen LogP) is 4.69. The minimum absolute atomic E-state index is 0.0571. The molecular formula is C17H26O2Si. The fourth-order valence-corrected chi connectivity index (χ4v) is 3.56. The summed E-state index contributed by atoms with van der Waals surface area (Å²) >= 11 is 0. The van der Waals surface area contributed by atoms with Gasteiger partial charge in [0, 0.05) is 5.92 Å². The monoisotopic (exact) mass is 290 g/mol. The first-order chi connectivity index (χ1) is 9.26. The lowest BCUT2D eigenvalue weighted by Crippen LogP contribution is -2.44. The van der Waals surface area contributed by atoms with Crippen LogP contribution in [-0.4, -0.2) is 14.6 Å². The van der Waals surface area contributed by atoms with E-state index in [1.807, 2.05) is 6.07 Å². The Kier molecular flexibility index (Phi) is 4.10. The molecular weight excluding hydrogens is 264 g/mol. The molecule has 0 heterocycles. The number of carbonyl (C=O) groups excluding carboxylic acids is 1. The van der Waals surface area contributed by atoms with Crippen LogP contribution in [0.15, 0.2) is 18.2 Å². The third-order valence-electron chi connectivity index (χ3n) is 4.85. The molecule has 1 aromatic rings. The third-order valence-corrected chi connectivity index (χ3v) is 9.19. The van der Waals surface area contributed by atoms with Crippen molar-refractivity contribution in [3.63, 3.8) is 0 Å². The number of benzene rings is 1. The zero-order valence-electron chi connectivity index (χ0n) is 13.3. The van der Waals surface area contributed by atoms with Gasteiger partial charge in [0.2, 0.25) is 8.32 Å². The maximum absolute atomic E-state index is 11.2. The largest absolute Gasteiger partial charge is 0.543 e. The minimum Gasteiger partial charge on any atom is -0.543 e. The van der Waals surface area contributed by atoms with E-state index < -0.39 is 8.32 Å². The Morgan fingerprint density at radius 1 is 1.30 bits per heavy atom. The van der Waals surface area contributed by atoms with Crippen LogP contribution in [0.2, 0.25) is 18.1 Å². The van der Waals surface area contributed by atoms with Crippen molar-refractivity contribution in [1.29, 1.82) is 0 Å². The highest BCUT2D eigenvalue weighted by molar-refractivity contribution is 6.74. The summed E-state index contributed by atoms with van der Waals surface area (Å²) in [6.45, 7) is 11.3. The van der Waals surface area contributed by atoms with Crippen LogP contribution in [0.5, 0.6) is 5.75 Å². The van der Waals surface area contributed by atoms with Crippen molar-refractivity contribution in [3.05, 3.63) is 29.3 Å². The van der Waals surface area contributed by atoms with Crippen molar-refractivity contribution in [2.24, 2.45) is 0 Å². The van der Waals surface area contributed by atoms with Crippen LogP contribution in [0.25, 0.3) is 0 Å². The number of hydrogen-bond donors (Lipinski definition) is 0. The molecule has 0 saturated carbocycles. The first-order valence-electron chi connectivity index (χ1n) is 7.52. The van der Waals surface area contributed by atoms with Crippen LogP contribution in [0.4, 0.5) is 0 Å². The molecule has 0 N–H and O–H groups in total. The summed E-state index contributed by atoms with van der Waals surface area (Å²) < 4.78 is 6.48. The number of hydrogen-bond acceptors (Lipinski definition) is 2. The fourth-order valence-electron chi connectivity index (χ4n) is 2.52. The molecule has 1 aromatic carbocycles. The molecule has 0 bridgehead atoms. The van der Waals surface area contributed by atoms with E-state index >= 15 is 0 Å². The van der Waals surface area contributed by atoms with Gasteiger partial charge in [-0.05, 0) is 54.6 Å². The summed E-state index contributed by atoms with van der Waals surface area (Å²) in [5.74, 6) is 1.07. The first kappa shape index (κ1) is 15.3. The Balaban J connectivity index is 2.37. The molecule has 2 rings (SSSR count). The second-order valence-corrected chi connectivity index (χ2v) is 12.0. The van der Waals surface area contributed by atoms with E-state index in [0.29, 0.717) is 0 Å². The van der Waals surface area contributed by atoms with Gasteiger partial charge in [-0.25, -0.2) is 0 Å². The molecule has 1 atom stereocenters. The summed E-state index contributed by atoms with van der Waals surface area (Å²) in [7, 11) is -1.83. The lowest BCUT2D eigenvalue weighted by Gasteiger charge is -2.38. The second kappa shape index (κ2) is 5.36. The van der Waals surface area contributed by atoms with Gasteiger partial charge in [0.05, 0.1) is 0 Å². The molecule has 2 nitrogen and oxygen atoms in total. The molecule has 0 saturated heterocycles. The summed E-state index contributed by atoms with van der Waals surface area (Å²) in [6, 6.07) is 6.20. The van der Waals surface area contributed by atoms with Gasteiger partial charge >= 0.3 is 0 Å². The van der Waals surface area contributed by atoms with Crippen molar-refractivity contribution in [3.8, 4) is 5.75 Å². The lowest BCUT2D eigenvalue weighted by molar-refractivity contribution is -0.109. The molecule has 20 heavy (non-hydrogen) atoms. The van der Waals surface area contributed by atoms with Gasteiger partial charge in [-0.2, -0.15) is 0 Å². The Labute approximate surface area is 123 Å². The number of fused-ring (bicyclic) bond motifs is 1. The predicted molar refractivity (Wildman–Crippen MR) is 86.0 cm³/mol. The van der Waals surface area contributed by atoms with Gasteiger partial charge in [0.1, 0.15) is 12.0 Å². The van der Waals surface area contributed by atoms with Crippen LogP contribution in [0.1, 0.15) is 50.7 Å². The number of aldehydes is 1. The van der Waals surface area contributed by atoms with E-state index in [1.54, 1.807) is 0 Å². The number of carbonyl (C=O) groups is 1. The molecule has 0 aliphatic heterocycles. The maximum atomic E-state index is 11.2. The molecule has 1 aliphatic carbocycles. The second-order valence-electron chi connectivity index (χ2n) is 7.32. The van der Waals surface area contributed by atoms with Crippen LogP contribution < -0.4 is 4.43 Å². The highest BCUT2D eigenvalue weighted by Crippen LogP contribution is 2.41. The molecule has 3 heteroatoms. The Bertz CT molecular complexity index is 500. The van der Waals surface area contributed by atoms with Gasteiger partial charge in [-0.15, -0.1) is 0 Å². The average Bonchev–Trinajstić information content (AvgIpc) is 2.36. The molecule has 0 amide bonds. The van der Waals surface area contributed by atoms with Crippen LogP contribution in [-0.2, 0) is 11.2 Å². The highest BCUT2D eigenvalue weighted by atomic mass is 28.4. The smallest absolute Gasteiger partial charge is 0.250 e. The van der Waals surface area contributed by atoms with Gasteiger partial charge in [-0.1, -0.05) is 32.9 Å². The molecule has 110 valence electrons. The SMILES string of the molecule is CC(C)(C)[Si](C)(C)Oc1cccc2c1CCCC2C=O. The van der Waals surface area contributed by atoms with Crippen molar-refractivity contribution in [1.82, 2.24) is 0 Å². The van der Waals surface area contributed by atoms with E-state index in [-0.39, 0.29) is 11.0 Å². The number of rotatable bonds is 3. The topological polar surface area (TPSA) is 26.3 Å². The van der Waals surface area contributed by atoms with E-state index in [2.05, 4.69) is 46.0 Å². The lowest BCUT2D eigenvalue weighted by atomic mass is 9.83. The van der Waals surface area contributed by atoms with Gasteiger partial charge in [-0.3, -0.25) is 0 Å². The van der Waals surface area contributed by atoms with Gasteiger partial charge in [0.25, 0.3) is 0 Å². The van der Waals surface area contributed by atoms with Crippen molar-refractivity contribution in [2.45, 2.75) is 64.1 Å². The Hall–Kier alpha value is -1.09. The molecule has 1 aliphatic rings. The third kappa shape index (κ3) is 2.83. The van der Waals surface area contributed by atoms with E-state index in [0.717, 1.165) is 31.3 Å². The van der Waals surface area contributed by atoms with Crippen molar-refractivity contribution >= 4 is 14.6 Å². The highest BCUT2D eigenvalue weighted by Gasteiger charge is 2.39. The van der Waals surface area contributed by atoms with Gasteiger partial charge < -0.3 is 9.22 Å². The molecule has 0 fully saturated rings. The fraction of sp³-hybridized carbons (Fsp3) is 0.588. The van der Waals surface area contributed by atoms with Gasteiger partial charge in [0.15, 0.2) is 0 Å². The van der Waals surface area contributed by atoms with Crippen molar-refractivity contribution in [2.75, 3.05) is 0 Å². The summed E-state index contributed by atoms with van der Waals surface area (Å²) in [4.78, 5) is 11.2. The molecule has 0 radical (unpaired) electrons. The van der Waals surface area contributed by atoms with E-state index in [9.17, 15) is 4.79 Å². The summed E-state index contributed by atoms with van der Waals surface area (Å²) in [6.07, 6.45) is 4.17. The Morgan fingerprint density at radius 3 is 2.60 bits per heavy atom. The zero-order valence-corrected chi connectivity index (χ0v) is 14.3. The zero-order chi connectivity index (χ0) is 15.0. The molecule has 0 aromatic heterocycles. The van der Waals surface area contributed by atoms with Crippen LogP contribution in [0, 0.1) is 0 Å².